The number of pyridine rings is 1. The largest absolute Gasteiger partial charge is 0.464 e. The third-order valence-corrected chi connectivity index (χ3v) is 4.32. The number of carbonyl (C=O) groups excluding carboxylic acids is 1. The molecule has 0 saturated heterocycles. The fourth-order valence-corrected chi connectivity index (χ4v) is 2.93. The highest BCUT2D eigenvalue weighted by Crippen LogP contribution is 2.45. The standard InChI is InChI=1S/C17H18N2O5/c1-10(9-24-11(2)20)18-8-7-14-15(17(18)21)6-5-13(12-3-4-12)16(14)19(22)23/h5-8,10,12H,3-4,9H2,1-2H3/t10-/m1/s1. The van der Waals surface area contributed by atoms with Gasteiger partial charge >= 0.3 is 5.97 Å². The first-order valence-electron chi connectivity index (χ1n) is 7.85. The van der Waals surface area contributed by atoms with Gasteiger partial charge in [-0.15, -0.1) is 0 Å². The number of hydrogen-bond acceptors (Lipinski definition) is 5. The quantitative estimate of drug-likeness (QED) is 0.477. The Hall–Kier alpha value is -2.70. The molecule has 1 aromatic carbocycles. The predicted octanol–water partition coefficient (Wildman–Crippen LogP) is 2.91. The van der Waals surface area contributed by atoms with Crippen LogP contribution in [0, 0.1) is 10.1 Å². The molecule has 7 nitrogen and oxygen atoms in total. The van der Waals surface area contributed by atoms with Crippen molar-refractivity contribution in [3.63, 3.8) is 0 Å². The maximum Gasteiger partial charge on any atom is 0.302 e. The van der Waals surface area contributed by atoms with Gasteiger partial charge in [-0.1, -0.05) is 6.07 Å². The number of esters is 1. The molecule has 1 aliphatic rings. The van der Waals surface area contributed by atoms with Crippen LogP contribution in [0.5, 0.6) is 0 Å². The molecule has 0 N–H and O–H groups in total. The van der Waals surface area contributed by atoms with Gasteiger partial charge in [0.15, 0.2) is 0 Å². The number of benzene rings is 1. The molecule has 1 atom stereocenters. The second-order valence-corrected chi connectivity index (χ2v) is 6.18. The van der Waals surface area contributed by atoms with Crippen LogP contribution in [0.15, 0.2) is 29.2 Å². The van der Waals surface area contributed by atoms with E-state index in [4.69, 9.17) is 4.74 Å². The number of aromatic nitrogens is 1. The third kappa shape index (κ3) is 2.89. The number of nitro benzene ring substituents is 1. The first kappa shape index (κ1) is 16.2. The zero-order chi connectivity index (χ0) is 17.4. The molecule has 0 bridgehead atoms. The minimum Gasteiger partial charge on any atom is -0.464 e. The molecule has 126 valence electrons. The fraction of sp³-hybridized carbons (Fsp3) is 0.412. The first-order chi connectivity index (χ1) is 11.4. The molecular weight excluding hydrogens is 312 g/mol. The van der Waals surface area contributed by atoms with E-state index < -0.39 is 10.9 Å². The Balaban J connectivity index is 2.10. The lowest BCUT2D eigenvalue weighted by Crippen LogP contribution is -2.26. The van der Waals surface area contributed by atoms with Crippen LogP contribution < -0.4 is 5.56 Å². The summed E-state index contributed by atoms with van der Waals surface area (Å²) < 4.78 is 6.38. The Kier molecular flexibility index (Phi) is 4.09. The van der Waals surface area contributed by atoms with Gasteiger partial charge in [-0.25, -0.2) is 0 Å². The second-order valence-electron chi connectivity index (χ2n) is 6.18. The van der Waals surface area contributed by atoms with E-state index in [9.17, 15) is 19.7 Å². The van der Waals surface area contributed by atoms with E-state index >= 15 is 0 Å². The first-order valence-corrected chi connectivity index (χ1v) is 7.85. The monoisotopic (exact) mass is 330 g/mol. The van der Waals surface area contributed by atoms with Crippen LogP contribution in [0.1, 0.15) is 44.2 Å². The number of carbonyl (C=O) groups is 1. The molecule has 1 aliphatic carbocycles. The van der Waals surface area contributed by atoms with Gasteiger partial charge in [-0.2, -0.15) is 0 Å². The average molecular weight is 330 g/mol. The van der Waals surface area contributed by atoms with Gasteiger partial charge in [0.25, 0.3) is 11.2 Å². The van der Waals surface area contributed by atoms with E-state index in [1.54, 1.807) is 25.1 Å². The highest BCUT2D eigenvalue weighted by atomic mass is 16.6. The van der Waals surface area contributed by atoms with E-state index in [-0.39, 0.29) is 29.8 Å². The van der Waals surface area contributed by atoms with E-state index in [1.165, 1.54) is 17.7 Å². The number of rotatable bonds is 5. The highest BCUT2D eigenvalue weighted by molar-refractivity contribution is 5.92. The second kappa shape index (κ2) is 6.07. The number of hydrogen-bond donors (Lipinski definition) is 0. The molecule has 3 rings (SSSR count). The molecule has 2 aromatic rings. The van der Waals surface area contributed by atoms with E-state index in [1.807, 2.05) is 0 Å². The van der Waals surface area contributed by atoms with Crippen LogP contribution in [0.25, 0.3) is 10.8 Å². The molecule has 0 spiro atoms. The smallest absolute Gasteiger partial charge is 0.302 e. The van der Waals surface area contributed by atoms with Crippen LogP contribution in [-0.4, -0.2) is 22.1 Å². The summed E-state index contributed by atoms with van der Waals surface area (Å²) in [5.41, 5.74) is 0.419. The van der Waals surface area contributed by atoms with Gasteiger partial charge in [-0.3, -0.25) is 19.7 Å². The Morgan fingerprint density at radius 3 is 2.67 bits per heavy atom. The van der Waals surface area contributed by atoms with Gasteiger partial charge in [0.1, 0.15) is 6.61 Å². The zero-order valence-electron chi connectivity index (χ0n) is 13.5. The third-order valence-electron chi connectivity index (χ3n) is 4.32. The van der Waals surface area contributed by atoms with Crippen LogP contribution in [0.2, 0.25) is 0 Å². The normalized spacial score (nSPS) is 15.2. The number of nitrogens with zero attached hydrogens (tertiary/aromatic N) is 2. The van der Waals surface area contributed by atoms with Gasteiger partial charge in [0.2, 0.25) is 0 Å². The summed E-state index contributed by atoms with van der Waals surface area (Å²) in [6.07, 6.45) is 3.42. The molecule has 1 saturated carbocycles. The molecule has 1 aromatic heterocycles. The Morgan fingerprint density at radius 2 is 2.08 bits per heavy atom. The number of nitro groups is 1. The Labute approximate surface area is 138 Å². The van der Waals surface area contributed by atoms with Crippen molar-refractivity contribution in [1.82, 2.24) is 4.57 Å². The zero-order valence-corrected chi connectivity index (χ0v) is 13.5. The highest BCUT2D eigenvalue weighted by Gasteiger charge is 2.32. The summed E-state index contributed by atoms with van der Waals surface area (Å²) in [5.74, 6) is -0.194. The van der Waals surface area contributed by atoms with Crippen molar-refractivity contribution in [2.24, 2.45) is 0 Å². The van der Waals surface area contributed by atoms with Gasteiger partial charge in [0.05, 0.1) is 21.7 Å². The lowest BCUT2D eigenvalue weighted by molar-refractivity contribution is -0.383. The molecule has 7 heteroatoms. The summed E-state index contributed by atoms with van der Waals surface area (Å²) in [5, 5.41) is 12.2. The molecular formula is C17H18N2O5. The number of fused-ring (bicyclic) bond motifs is 1. The van der Waals surface area contributed by atoms with E-state index in [0.717, 1.165) is 12.8 Å². The van der Waals surface area contributed by atoms with Crippen molar-refractivity contribution in [2.75, 3.05) is 6.61 Å². The van der Waals surface area contributed by atoms with Gasteiger partial charge in [-0.05, 0) is 37.8 Å². The molecule has 1 heterocycles. The van der Waals surface area contributed by atoms with Crippen molar-refractivity contribution in [2.45, 2.75) is 38.6 Å². The SMILES string of the molecule is CC(=O)OC[C@@H](C)n1ccc2c([N+](=O)[O-])c(C3CC3)ccc2c1=O. The predicted molar refractivity (Wildman–Crippen MR) is 88.2 cm³/mol. The van der Waals surface area contributed by atoms with Crippen molar-refractivity contribution >= 4 is 22.4 Å². The maximum absolute atomic E-state index is 12.7. The number of ether oxygens (including phenoxy) is 1. The maximum atomic E-state index is 12.7. The summed E-state index contributed by atoms with van der Waals surface area (Å²) in [4.78, 5) is 34.7. The summed E-state index contributed by atoms with van der Waals surface area (Å²) >= 11 is 0. The molecule has 0 unspecified atom stereocenters. The summed E-state index contributed by atoms with van der Waals surface area (Å²) in [7, 11) is 0. The Morgan fingerprint density at radius 1 is 1.38 bits per heavy atom. The van der Waals surface area contributed by atoms with Crippen molar-refractivity contribution in [3.8, 4) is 0 Å². The molecule has 0 radical (unpaired) electrons. The minimum atomic E-state index is -0.416. The van der Waals surface area contributed by atoms with Crippen molar-refractivity contribution in [3.05, 3.63) is 50.4 Å². The molecule has 1 fully saturated rings. The van der Waals surface area contributed by atoms with Crippen LogP contribution in [0.4, 0.5) is 5.69 Å². The average Bonchev–Trinajstić information content (AvgIpc) is 3.36. The van der Waals surface area contributed by atoms with Crippen molar-refractivity contribution in [1.29, 1.82) is 0 Å². The summed E-state index contributed by atoms with van der Waals surface area (Å²) in [6, 6.07) is 4.60. The van der Waals surface area contributed by atoms with Crippen molar-refractivity contribution < 1.29 is 14.5 Å². The molecule has 0 aliphatic heterocycles. The van der Waals surface area contributed by atoms with Crippen LogP contribution in [-0.2, 0) is 9.53 Å². The molecule has 0 amide bonds. The van der Waals surface area contributed by atoms with Gasteiger partial charge in [0, 0.05) is 18.7 Å². The van der Waals surface area contributed by atoms with Crippen LogP contribution >= 0.6 is 0 Å². The minimum absolute atomic E-state index is 0.0342. The van der Waals surface area contributed by atoms with E-state index in [0.29, 0.717) is 16.3 Å². The molecule has 24 heavy (non-hydrogen) atoms. The van der Waals surface area contributed by atoms with Gasteiger partial charge < -0.3 is 9.30 Å². The topological polar surface area (TPSA) is 91.4 Å². The summed E-state index contributed by atoms with van der Waals surface area (Å²) in [6.45, 7) is 3.13. The van der Waals surface area contributed by atoms with Crippen LogP contribution in [0.3, 0.4) is 0 Å². The lowest BCUT2D eigenvalue weighted by atomic mass is 10.0. The lowest BCUT2D eigenvalue weighted by Gasteiger charge is -2.16. The Bertz CT molecular complexity index is 882. The van der Waals surface area contributed by atoms with E-state index in [2.05, 4.69) is 0 Å². The fourth-order valence-electron chi connectivity index (χ4n) is 2.93.